The molecule has 26 heavy (non-hydrogen) atoms. The van der Waals surface area contributed by atoms with Crippen LogP contribution in [0.15, 0.2) is 81.4 Å². The molecular weight excluding hydrogens is 393 g/mol. The first-order chi connectivity index (χ1) is 12.5. The number of nitro groups is 1. The Labute approximate surface area is 163 Å². The quantitative estimate of drug-likeness (QED) is 0.256. The van der Waals surface area contributed by atoms with Crippen LogP contribution in [0, 0.1) is 15.9 Å². The molecule has 0 saturated carbocycles. The van der Waals surface area contributed by atoms with Crippen LogP contribution in [0.2, 0.25) is 5.02 Å². The fraction of sp³-hybridized carbons (Fsp3) is 0.0526. The van der Waals surface area contributed by atoms with Crippen molar-refractivity contribution in [2.24, 2.45) is 0 Å². The summed E-state index contributed by atoms with van der Waals surface area (Å²) in [4.78, 5) is 13.4. The Bertz CT molecular complexity index is 918. The van der Waals surface area contributed by atoms with E-state index in [1.807, 2.05) is 18.2 Å². The molecule has 0 radical (unpaired) electrons. The van der Waals surface area contributed by atoms with E-state index in [1.165, 1.54) is 35.7 Å². The first-order valence-electron chi connectivity index (χ1n) is 7.60. The Balaban J connectivity index is 1.76. The zero-order chi connectivity index (χ0) is 18.5. The molecule has 0 unspecified atom stereocenters. The summed E-state index contributed by atoms with van der Waals surface area (Å²) < 4.78 is 12.9. The van der Waals surface area contributed by atoms with Crippen LogP contribution >= 0.6 is 35.1 Å². The zero-order valence-corrected chi connectivity index (χ0v) is 15.8. The summed E-state index contributed by atoms with van der Waals surface area (Å²) in [6.45, 7) is 0. The summed E-state index contributed by atoms with van der Waals surface area (Å²) in [6, 6.07) is 18.6. The van der Waals surface area contributed by atoms with Gasteiger partial charge in [-0.15, -0.1) is 11.8 Å². The predicted molar refractivity (Wildman–Crippen MR) is 105 cm³/mol. The smallest absolute Gasteiger partial charge is 0.258 e. The number of nitrogens with zero attached hydrogens (tertiary/aromatic N) is 1. The van der Waals surface area contributed by atoms with E-state index < -0.39 is 0 Å². The van der Waals surface area contributed by atoms with Gasteiger partial charge in [-0.25, -0.2) is 4.39 Å². The Morgan fingerprint density at radius 3 is 2.27 bits per heavy atom. The van der Waals surface area contributed by atoms with Crippen LogP contribution in [-0.4, -0.2) is 4.92 Å². The summed E-state index contributed by atoms with van der Waals surface area (Å²) in [5.74, 6) is 0.284. The van der Waals surface area contributed by atoms with Crippen LogP contribution in [0.1, 0.15) is 5.56 Å². The van der Waals surface area contributed by atoms with Gasteiger partial charge in [0.15, 0.2) is 0 Å². The van der Waals surface area contributed by atoms with Gasteiger partial charge in [-0.2, -0.15) is 0 Å². The second kappa shape index (κ2) is 8.58. The highest BCUT2D eigenvalue weighted by Crippen LogP contribution is 2.36. The highest BCUT2D eigenvalue weighted by Gasteiger charge is 2.16. The predicted octanol–water partition coefficient (Wildman–Crippen LogP) is 6.83. The normalized spacial score (nSPS) is 10.7. The maximum atomic E-state index is 12.9. The number of hydrogen-bond donors (Lipinski definition) is 0. The fourth-order valence-electron chi connectivity index (χ4n) is 2.21. The lowest BCUT2D eigenvalue weighted by Crippen LogP contribution is -1.93. The van der Waals surface area contributed by atoms with Crippen molar-refractivity contribution in [3.63, 3.8) is 0 Å². The molecule has 0 spiro atoms. The largest absolute Gasteiger partial charge is 0.283 e. The number of rotatable bonds is 6. The van der Waals surface area contributed by atoms with Crippen molar-refractivity contribution in [2.75, 3.05) is 0 Å². The fourth-order valence-corrected chi connectivity index (χ4v) is 4.08. The molecule has 7 heteroatoms. The van der Waals surface area contributed by atoms with Crippen molar-refractivity contribution in [1.29, 1.82) is 0 Å². The molecule has 0 fully saturated rings. The first kappa shape index (κ1) is 18.8. The highest BCUT2D eigenvalue weighted by atomic mass is 35.5. The molecule has 0 aliphatic carbocycles. The first-order valence-corrected chi connectivity index (χ1v) is 9.78. The Morgan fingerprint density at radius 1 is 0.962 bits per heavy atom. The Morgan fingerprint density at radius 2 is 1.62 bits per heavy atom. The van der Waals surface area contributed by atoms with E-state index in [1.54, 1.807) is 36.4 Å². The van der Waals surface area contributed by atoms with Crippen molar-refractivity contribution < 1.29 is 9.31 Å². The molecule has 3 aromatic carbocycles. The Hall–Kier alpha value is -2.02. The minimum Gasteiger partial charge on any atom is -0.258 e. The lowest BCUT2D eigenvalue weighted by atomic mass is 10.2. The van der Waals surface area contributed by atoms with Crippen LogP contribution in [0.3, 0.4) is 0 Å². The number of halogens is 2. The van der Waals surface area contributed by atoms with E-state index in [4.69, 9.17) is 11.6 Å². The summed E-state index contributed by atoms with van der Waals surface area (Å²) in [6.07, 6.45) is 0. The van der Waals surface area contributed by atoms with Gasteiger partial charge in [-0.3, -0.25) is 10.1 Å². The van der Waals surface area contributed by atoms with Crippen LogP contribution in [-0.2, 0) is 5.75 Å². The summed E-state index contributed by atoms with van der Waals surface area (Å²) in [7, 11) is 0. The number of thioether (sulfide) groups is 1. The minimum atomic E-state index is -0.371. The molecule has 3 nitrogen and oxygen atoms in total. The molecule has 3 rings (SSSR count). The molecule has 0 saturated heterocycles. The lowest BCUT2D eigenvalue weighted by Gasteiger charge is -2.07. The molecule has 132 valence electrons. The zero-order valence-electron chi connectivity index (χ0n) is 13.4. The van der Waals surface area contributed by atoms with Crippen LogP contribution < -0.4 is 0 Å². The van der Waals surface area contributed by atoms with E-state index in [9.17, 15) is 14.5 Å². The van der Waals surface area contributed by atoms with Gasteiger partial charge < -0.3 is 0 Å². The highest BCUT2D eigenvalue weighted by molar-refractivity contribution is 7.99. The van der Waals surface area contributed by atoms with E-state index in [2.05, 4.69) is 0 Å². The van der Waals surface area contributed by atoms with Crippen molar-refractivity contribution >= 4 is 40.8 Å². The number of nitro benzene ring substituents is 1. The average molecular weight is 406 g/mol. The summed E-state index contributed by atoms with van der Waals surface area (Å²) in [5.41, 5.74) is 0.911. The molecule has 0 atom stereocenters. The third-order valence-electron chi connectivity index (χ3n) is 3.48. The van der Waals surface area contributed by atoms with Gasteiger partial charge in [0.05, 0.1) is 9.82 Å². The Kier molecular flexibility index (Phi) is 6.19. The molecule has 3 aromatic rings. The molecule has 0 heterocycles. The molecular formula is C19H13ClFNO2S2. The molecule has 0 aliphatic heterocycles. The van der Waals surface area contributed by atoms with Crippen LogP contribution in [0.25, 0.3) is 0 Å². The van der Waals surface area contributed by atoms with Gasteiger partial charge in [-0.05, 0) is 60.2 Å². The van der Waals surface area contributed by atoms with E-state index in [-0.39, 0.29) is 16.4 Å². The van der Waals surface area contributed by atoms with Gasteiger partial charge in [-0.1, -0.05) is 29.4 Å². The second-order valence-corrected chi connectivity index (χ2v) is 7.96. The van der Waals surface area contributed by atoms with Gasteiger partial charge in [0.2, 0.25) is 0 Å². The van der Waals surface area contributed by atoms with E-state index in [0.29, 0.717) is 15.7 Å². The summed E-state index contributed by atoms with van der Waals surface area (Å²) >= 11 is 8.70. The van der Waals surface area contributed by atoms with Crippen LogP contribution in [0.4, 0.5) is 10.1 Å². The monoisotopic (exact) mass is 405 g/mol. The maximum absolute atomic E-state index is 12.9. The molecule has 0 bridgehead atoms. The topological polar surface area (TPSA) is 43.1 Å². The van der Waals surface area contributed by atoms with Gasteiger partial charge in [0.25, 0.3) is 5.69 Å². The SMILES string of the molecule is O=[N+]([O-])c1cc(CSc2ccc(F)cc2)ccc1Sc1ccc(Cl)cc1. The third-order valence-corrected chi connectivity index (χ3v) is 5.89. The molecule has 0 aromatic heterocycles. The number of benzene rings is 3. The van der Waals surface area contributed by atoms with Crippen molar-refractivity contribution in [3.05, 3.63) is 93.2 Å². The standard InChI is InChI=1S/C19H13ClFNO2S2/c20-14-2-6-17(7-3-14)26-19-10-1-13(11-18(19)22(23)24)12-25-16-8-4-15(21)5-9-16/h1-11H,12H2. The van der Waals surface area contributed by atoms with E-state index >= 15 is 0 Å². The minimum absolute atomic E-state index is 0.0714. The van der Waals surface area contributed by atoms with Crippen molar-refractivity contribution in [1.82, 2.24) is 0 Å². The third kappa shape index (κ3) is 5.00. The number of hydrogen-bond acceptors (Lipinski definition) is 4. The summed E-state index contributed by atoms with van der Waals surface area (Å²) in [5, 5.41) is 12.1. The maximum Gasteiger partial charge on any atom is 0.283 e. The molecule has 0 N–H and O–H groups in total. The molecule has 0 amide bonds. The van der Waals surface area contributed by atoms with Gasteiger partial charge in [0, 0.05) is 26.6 Å². The average Bonchev–Trinajstić information content (AvgIpc) is 2.64. The van der Waals surface area contributed by atoms with Crippen molar-refractivity contribution in [3.8, 4) is 0 Å². The van der Waals surface area contributed by atoms with Gasteiger partial charge >= 0.3 is 0 Å². The van der Waals surface area contributed by atoms with Crippen LogP contribution in [0.5, 0.6) is 0 Å². The molecule has 0 aliphatic rings. The second-order valence-electron chi connectivity index (χ2n) is 5.36. The lowest BCUT2D eigenvalue weighted by molar-refractivity contribution is -0.387. The van der Waals surface area contributed by atoms with Gasteiger partial charge in [0.1, 0.15) is 5.82 Å². The van der Waals surface area contributed by atoms with Crippen molar-refractivity contribution in [2.45, 2.75) is 20.4 Å². The van der Waals surface area contributed by atoms with E-state index in [0.717, 1.165) is 15.4 Å².